The molecule has 118 valence electrons. The summed E-state index contributed by atoms with van der Waals surface area (Å²) in [6.07, 6.45) is 2.61. The minimum atomic E-state index is -0.0418. The second kappa shape index (κ2) is 6.48. The van der Waals surface area contributed by atoms with Crippen molar-refractivity contribution in [3.63, 3.8) is 0 Å². The van der Waals surface area contributed by atoms with Crippen molar-refractivity contribution in [1.82, 2.24) is 10.6 Å². The molecule has 2 fully saturated rings. The zero-order valence-corrected chi connectivity index (χ0v) is 13.0. The Labute approximate surface area is 131 Å². The largest absolute Gasteiger partial charge is 0.348 e. The molecule has 1 aromatic rings. The van der Waals surface area contributed by atoms with Gasteiger partial charge in [-0.05, 0) is 49.6 Å². The van der Waals surface area contributed by atoms with E-state index in [9.17, 15) is 9.59 Å². The molecule has 5 nitrogen and oxygen atoms in total. The van der Waals surface area contributed by atoms with Gasteiger partial charge in [-0.1, -0.05) is 6.92 Å². The molecule has 2 unspecified atom stereocenters. The van der Waals surface area contributed by atoms with Crippen LogP contribution in [0.4, 0.5) is 5.69 Å². The number of amides is 2. The standard InChI is InChI=1S/C17H23N3O2/c1-12-8-9-18-11-15(12)19-17(22)13-4-6-14(7-5-13)20-10-2-3-16(20)21/h4-7,12,15,18H,2-3,8-11H2,1H3,(H,19,22). The van der Waals surface area contributed by atoms with Gasteiger partial charge in [0.2, 0.25) is 5.91 Å². The summed E-state index contributed by atoms with van der Waals surface area (Å²) < 4.78 is 0. The van der Waals surface area contributed by atoms with Gasteiger partial charge in [0.15, 0.2) is 0 Å². The first kappa shape index (κ1) is 15.0. The van der Waals surface area contributed by atoms with Crippen LogP contribution < -0.4 is 15.5 Å². The highest BCUT2D eigenvalue weighted by Gasteiger charge is 2.24. The summed E-state index contributed by atoms with van der Waals surface area (Å²) in [6.45, 7) is 4.79. The summed E-state index contributed by atoms with van der Waals surface area (Å²) in [5, 5.41) is 6.41. The van der Waals surface area contributed by atoms with Crippen molar-refractivity contribution in [3.8, 4) is 0 Å². The van der Waals surface area contributed by atoms with Crippen LogP contribution in [0, 0.1) is 5.92 Å². The number of carbonyl (C=O) groups excluding carboxylic acids is 2. The van der Waals surface area contributed by atoms with Crippen LogP contribution in [0.1, 0.15) is 36.5 Å². The highest BCUT2D eigenvalue weighted by atomic mass is 16.2. The molecule has 22 heavy (non-hydrogen) atoms. The SMILES string of the molecule is CC1CCNCC1NC(=O)c1ccc(N2CCCC2=O)cc1. The van der Waals surface area contributed by atoms with Gasteiger partial charge in [0.1, 0.15) is 0 Å². The second-order valence-electron chi connectivity index (χ2n) is 6.25. The predicted octanol–water partition coefficient (Wildman–Crippen LogP) is 1.54. The summed E-state index contributed by atoms with van der Waals surface area (Å²) in [7, 11) is 0. The van der Waals surface area contributed by atoms with Crippen LogP contribution in [0.2, 0.25) is 0 Å². The van der Waals surface area contributed by atoms with Crippen LogP contribution in [-0.4, -0.2) is 37.5 Å². The van der Waals surface area contributed by atoms with Gasteiger partial charge < -0.3 is 15.5 Å². The quantitative estimate of drug-likeness (QED) is 0.890. The Bertz CT molecular complexity index is 556. The molecule has 3 rings (SSSR count). The number of hydrogen-bond donors (Lipinski definition) is 2. The number of nitrogens with zero attached hydrogens (tertiary/aromatic N) is 1. The Morgan fingerprint density at radius 1 is 1.32 bits per heavy atom. The normalized spacial score (nSPS) is 25.3. The van der Waals surface area contributed by atoms with E-state index in [0.29, 0.717) is 17.9 Å². The fourth-order valence-corrected chi connectivity index (χ4v) is 3.15. The molecular formula is C17H23N3O2. The highest BCUT2D eigenvalue weighted by Crippen LogP contribution is 2.21. The maximum absolute atomic E-state index is 12.3. The first-order chi connectivity index (χ1) is 10.6. The van der Waals surface area contributed by atoms with Gasteiger partial charge in [0.25, 0.3) is 5.91 Å². The van der Waals surface area contributed by atoms with E-state index >= 15 is 0 Å². The molecule has 0 aliphatic carbocycles. The van der Waals surface area contributed by atoms with E-state index < -0.39 is 0 Å². The number of rotatable bonds is 3. The fraction of sp³-hybridized carbons (Fsp3) is 0.529. The molecule has 2 aliphatic rings. The van der Waals surface area contributed by atoms with E-state index in [1.165, 1.54) is 0 Å². The smallest absolute Gasteiger partial charge is 0.251 e. The van der Waals surface area contributed by atoms with Crippen LogP contribution in [0.15, 0.2) is 24.3 Å². The van der Waals surface area contributed by atoms with Gasteiger partial charge in [0.05, 0.1) is 0 Å². The summed E-state index contributed by atoms with van der Waals surface area (Å²) >= 11 is 0. The van der Waals surface area contributed by atoms with Crippen molar-refractivity contribution in [2.75, 3.05) is 24.5 Å². The number of hydrogen-bond acceptors (Lipinski definition) is 3. The van der Waals surface area contributed by atoms with Crippen molar-refractivity contribution in [3.05, 3.63) is 29.8 Å². The number of piperidine rings is 1. The topological polar surface area (TPSA) is 61.4 Å². The van der Waals surface area contributed by atoms with Crippen molar-refractivity contribution in [1.29, 1.82) is 0 Å². The van der Waals surface area contributed by atoms with Crippen LogP contribution >= 0.6 is 0 Å². The lowest BCUT2D eigenvalue weighted by Gasteiger charge is -2.30. The van der Waals surface area contributed by atoms with E-state index in [1.807, 2.05) is 12.1 Å². The number of carbonyl (C=O) groups is 2. The van der Waals surface area contributed by atoms with Crippen LogP contribution in [0.25, 0.3) is 0 Å². The third-order valence-corrected chi connectivity index (χ3v) is 4.66. The molecular weight excluding hydrogens is 278 g/mol. The Hall–Kier alpha value is -1.88. The molecule has 0 spiro atoms. The minimum absolute atomic E-state index is 0.0418. The Balaban J connectivity index is 1.64. The van der Waals surface area contributed by atoms with Crippen molar-refractivity contribution < 1.29 is 9.59 Å². The van der Waals surface area contributed by atoms with Crippen molar-refractivity contribution in [2.24, 2.45) is 5.92 Å². The van der Waals surface area contributed by atoms with Crippen LogP contribution in [0.3, 0.4) is 0 Å². The van der Waals surface area contributed by atoms with Crippen molar-refractivity contribution in [2.45, 2.75) is 32.2 Å². The van der Waals surface area contributed by atoms with Gasteiger partial charge >= 0.3 is 0 Å². The molecule has 2 aliphatic heterocycles. The molecule has 0 bridgehead atoms. The Kier molecular flexibility index (Phi) is 4.43. The molecule has 2 saturated heterocycles. The molecule has 1 aromatic carbocycles. The molecule has 0 saturated carbocycles. The van der Waals surface area contributed by atoms with Crippen LogP contribution in [0.5, 0.6) is 0 Å². The average Bonchev–Trinajstić information content (AvgIpc) is 2.96. The average molecular weight is 301 g/mol. The fourth-order valence-electron chi connectivity index (χ4n) is 3.15. The van der Waals surface area contributed by atoms with Gasteiger partial charge in [-0.15, -0.1) is 0 Å². The Morgan fingerprint density at radius 2 is 2.09 bits per heavy atom. The van der Waals surface area contributed by atoms with Crippen molar-refractivity contribution >= 4 is 17.5 Å². The number of anilines is 1. The molecule has 5 heteroatoms. The Morgan fingerprint density at radius 3 is 2.73 bits per heavy atom. The third-order valence-electron chi connectivity index (χ3n) is 4.66. The summed E-state index contributed by atoms with van der Waals surface area (Å²) in [6, 6.07) is 7.51. The van der Waals surface area contributed by atoms with E-state index in [0.717, 1.165) is 38.2 Å². The zero-order chi connectivity index (χ0) is 15.5. The second-order valence-corrected chi connectivity index (χ2v) is 6.25. The van der Waals surface area contributed by atoms with E-state index in [2.05, 4.69) is 17.6 Å². The lowest BCUT2D eigenvalue weighted by atomic mass is 9.94. The molecule has 0 radical (unpaired) electrons. The maximum Gasteiger partial charge on any atom is 0.251 e. The number of nitrogens with one attached hydrogen (secondary N) is 2. The third kappa shape index (κ3) is 3.14. The summed E-state index contributed by atoms with van der Waals surface area (Å²) in [5.41, 5.74) is 1.53. The monoisotopic (exact) mass is 301 g/mol. The first-order valence-electron chi connectivity index (χ1n) is 8.07. The molecule has 2 amide bonds. The molecule has 2 heterocycles. The van der Waals surface area contributed by atoms with Crippen LogP contribution in [-0.2, 0) is 4.79 Å². The zero-order valence-electron chi connectivity index (χ0n) is 13.0. The number of benzene rings is 1. The summed E-state index contributed by atoms with van der Waals surface area (Å²) in [4.78, 5) is 25.9. The highest BCUT2D eigenvalue weighted by molar-refractivity contribution is 5.97. The maximum atomic E-state index is 12.3. The molecule has 2 atom stereocenters. The predicted molar refractivity (Wildman–Crippen MR) is 85.9 cm³/mol. The molecule has 2 N–H and O–H groups in total. The van der Waals surface area contributed by atoms with Gasteiger partial charge in [-0.2, -0.15) is 0 Å². The van der Waals surface area contributed by atoms with E-state index in [-0.39, 0.29) is 17.9 Å². The lowest BCUT2D eigenvalue weighted by Crippen LogP contribution is -2.50. The summed E-state index contributed by atoms with van der Waals surface area (Å²) in [5.74, 6) is 0.617. The minimum Gasteiger partial charge on any atom is -0.348 e. The van der Waals surface area contributed by atoms with Gasteiger partial charge in [-0.3, -0.25) is 9.59 Å². The van der Waals surface area contributed by atoms with E-state index in [1.54, 1.807) is 17.0 Å². The van der Waals surface area contributed by atoms with Gasteiger partial charge in [0, 0.05) is 36.8 Å². The first-order valence-corrected chi connectivity index (χ1v) is 8.07. The van der Waals surface area contributed by atoms with E-state index in [4.69, 9.17) is 0 Å². The van der Waals surface area contributed by atoms with Gasteiger partial charge in [-0.25, -0.2) is 0 Å². The molecule has 0 aromatic heterocycles. The lowest BCUT2D eigenvalue weighted by molar-refractivity contribution is -0.117.